The molecule has 0 atom stereocenters. The summed E-state index contributed by atoms with van der Waals surface area (Å²) in [6.07, 6.45) is 1.72. The standard InChI is InChI=1S/C11H6N2O/c14-6-9-8-3-1-2-7-4-5-12-11(13-9)10(7)8/h1-5H,(H,12,13). The van der Waals surface area contributed by atoms with Crippen LogP contribution in [0.5, 0.6) is 0 Å². The molecule has 2 aromatic heterocycles. The predicted octanol–water partition coefficient (Wildman–Crippen LogP) is 0.938. The second kappa shape index (κ2) is 2.44. The van der Waals surface area contributed by atoms with E-state index in [0.29, 0.717) is 5.35 Å². The minimum atomic E-state index is 0.476. The Hall–Kier alpha value is -2.12. The number of hydrogen-bond donors (Lipinski definition) is 1. The zero-order chi connectivity index (χ0) is 9.54. The molecule has 66 valence electrons. The monoisotopic (exact) mass is 182 g/mol. The van der Waals surface area contributed by atoms with Gasteiger partial charge in [-0.15, -0.1) is 0 Å². The van der Waals surface area contributed by atoms with Crippen molar-refractivity contribution < 1.29 is 4.79 Å². The molecule has 0 saturated carbocycles. The third kappa shape index (κ3) is 0.767. The Kier molecular flexibility index (Phi) is 1.27. The van der Waals surface area contributed by atoms with Crippen LogP contribution in [-0.2, 0) is 4.79 Å². The second-order valence-electron chi connectivity index (χ2n) is 3.17. The van der Waals surface area contributed by atoms with E-state index in [0.717, 1.165) is 21.8 Å². The number of rotatable bonds is 0. The summed E-state index contributed by atoms with van der Waals surface area (Å²) < 4.78 is 0. The number of nitrogens with one attached hydrogen (secondary N) is 1. The third-order valence-electron chi connectivity index (χ3n) is 2.41. The number of benzene rings is 1. The van der Waals surface area contributed by atoms with Crippen LogP contribution in [0.15, 0.2) is 30.5 Å². The number of pyridine rings is 1. The van der Waals surface area contributed by atoms with Crippen molar-refractivity contribution in [3.05, 3.63) is 35.8 Å². The summed E-state index contributed by atoms with van der Waals surface area (Å²) >= 11 is 0. The number of hydrogen-bond acceptors (Lipinski definition) is 2. The van der Waals surface area contributed by atoms with E-state index in [1.807, 2.05) is 30.2 Å². The highest BCUT2D eigenvalue weighted by Crippen LogP contribution is 2.20. The van der Waals surface area contributed by atoms with Gasteiger partial charge >= 0.3 is 0 Å². The molecule has 1 aromatic carbocycles. The highest BCUT2D eigenvalue weighted by molar-refractivity contribution is 6.08. The number of aromatic nitrogens is 2. The molecule has 0 saturated heterocycles. The zero-order valence-corrected chi connectivity index (χ0v) is 7.24. The van der Waals surface area contributed by atoms with Crippen molar-refractivity contribution >= 4 is 27.7 Å². The van der Waals surface area contributed by atoms with Gasteiger partial charge in [-0.25, -0.2) is 9.78 Å². The maximum Gasteiger partial charge on any atom is 0.151 e. The average Bonchev–Trinajstić information content (AvgIpc) is 2.60. The highest BCUT2D eigenvalue weighted by Gasteiger charge is 2.05. The van der Waals surface area contributed by atoms with E-state index in [-0.39, 0.29) is 0 Å². The SMILES string of the molecule is O=C=c1[nH]c2nccc3cccc1c32. The Morgan fingerprint density at radius 3 is 3.07 bits per heavy atom. The summed E-state index contributed by atoms with van der Waals surface area (Å²) in [4.78, 5) is 17.8. The minimum absolute atomic E-state index is 0.476. The third-order valence-corrected chi connectivity index (χ3v) is 2.41. The molecule has 0 fully saturated rings. The number of aromatic amines is 1. The topological polar surface area (TPSA) is 45.8 Å². The molecule has 2 heterocycles. The van der Waals surface area contributed by atoms with E-state index in [4.69, 9.17) is 0 Å². The van der Waals surface area contributed by atoms with Gasteiger partial charge in [-0.2, -0.15) is 0 Å². The van der Waals surface area contributed by atoms with Crippen molar-refractivity contribution in [2.75, 3.05) is 0 Å². The Bertz CT molecular complexity index is 687. The number of nitrogens with zero attached hydrogens (tertiary/aromatic N) is 1. The summed E-state index contributed by atoms with van der Waals surface area (Å²) in [5.74, 6) is 1.89. The first-order valence-corrected chi connectivity index (χ1v) is 4.30. The van der Waals surface area contributed by atoms with Crippen LogP contribution in [0.1, 0.15) is 0 Å². The van der Waals surface area contributed by atoms with E-state index < -0.39 is 0 Å². The first kappa shape index (κ1) is 7.30. The van der Waals surface area contributed by atoms with Crippen molar-refractivity contribution in [2.45, 2.75) is 0 Å². The fourth-order valence-electron chi connectivity index (χ4n) is 1.80. The fourth-order valence-corrected chi connectivity index (χ4v) is 1.80. The van der Waals surface area contributed by atoms with Crippen LogP contribution in [0, 0.1) is 0 Å². The lowest BCUT2D eigenvalue weighted by atomic mass is 10.1. The van der Waals surface area contributed by atoms with Gasteiger partial charge in [0.1, 0.15) is 11.0 Å². The molecule has 3 rings (SSSR count). The molecule has 0 radical (unpaired) electrons. The predicted molar refractivity (Wildman–Crippen MR) is 53.6 cm³/mol. The molecule has 0 aliphatic carbocycles. The average molecular weight is 182 g/mol. The van der Waals surface area contributed by atoms with Crippen molar-refractivity contribution in [2.24, 2.45) is 0 Å². The molecular weight excluding hydrogens is 176 g/mol. The molecule has 14 heavy (non-hydrogen) atoms. The lowest BCUT2D eigenvalue weighted by Gasteiger charge is -1.94. The molecular formula is C11H6N2O. The molecule has 0 amide bonds. The van der Waals surface area contributed by atoms with Gasteiger partial charge < -0.3 is 4.98 Å². The van der Waals surface area contributed by atoms with Crippen LogP contribution < -0.4 is 5.35 Å². The molecule has 0 aliphatic rings. The molecule has 0 aliphatic heterocycles. The van der Waals surface area contributed by atoms with Gasteiger partial charge in [0.05, 0.1) is 0 Å². The summed E-state index contributed by atoms with van der Waals surface area (Å²) in [5.41, 5.74) is 0.747. The van der Waals surface area contributed by atoms with Crippen LogP contribution in [0.25, 0.3) is 21.8 Å². The van der Waals surface area contributed by atoms with Crippen LogP contribution in [0.4, 0.5) is 0 Å². The number of H-pyrrole nitrogens is 1. The summed E-state index contributed by atoms with van der Waals surface area (Å²) in [6, 6.07) is 7.75. The summed E-state index contributed by atoms with van der Waals surface area (Å²) in [5, 5.41) is 3.46. The zero-order valence-electron chi connectivity index (χ0n) is 7.24. The molecule has 0 spiro atoms. The van der Waals surface area contributed by atoms with Gasteiger partial charge in [0.25, 0.3) is 0 Å². The van der Waals surface area contributed by atoms with E-state index in [1.165, 1.54) is 0 Å². The normalized spacial score (nSPS) is 10.9. The summed E-state index contributed by atoms with van der Waals surface area (Å²) in [7, 11) is 0. The Balaban J connectivity index is 2.83. The lowest BCUT2D eigenvalue weighted by molar-refractivity contribution is 0.567. The fraction of sp³-hybridized carbons (Fsp3) is 0. The van der Waals surface area contributed by atoms with Crippen molar-refractivity contribution in [3.8, 4) is 0 Å². The molecule has 3 nitrogen and oxygen atoms in total. The van der Waals surface area contributed by atoms with Crippen molar-refractivity contribution in [3.63, 3.8) is 0 Å². The number of carbonyl (C=O) groups excluding carboxylic acids is 1. The quantitative estimate of drug-likeness (QED) is 0.562. The Morgan fingerprint density at radius 2 is 2.21 bits per heavy atom. The lowest BCUT2D eigenvalue weighted by Crippen LogP contribution is -2.02. The van der Waals surface area contributed by atoms with Gasteiger partial charge in [0.15, 0.2) is 5.94 Å². The van der Waals surface area contributed by atoms with E-state index in [1.54, 1.807) is 6.20 Å². The maximum absolute atomic E-state index is 10.7. The van der Waals surface area contributed by atoms with E-state index >= 15 is 0 Å². The Morgan fingerprint density at radius 1 is 1.29 bits per heavy atom. The molecule has 3 aromatic rings. The van der Waals surface area contributed by atoms with Crippen LogP contribution in [0.3, 0.4) is 0 Å². The van der Waals surface area contributed by atoms with Gasteiger partial charge in [-0.3, -0.25) is 0 Å². The first-order valence-electron chi connectivity index (χ1n) is 4.30. The van der Waals surface area contributed by atoms with Crippen molar-refractivity contribution in [1.29, 1.82) is 0 Å². The van der Waals surface area contributed by atoms with Gasteiger partial charge in [-0.1, -0.05) is 18.2 Å². The molecule has 0 bridgehead atoms. The minimum Gasteiger partial charge on any atom is -0.330 e. The van der Waals surface area contributed by atoms with Crippen LogP contribution >= 0.6 is 0 Å². The van der Waals surface area contributed by atoms with E-state index in [9.17, 15) is 4.79 Å². The molecule has 1 N–H and O–H groups in total. The maximum atomic E-state index is 10.7. The highest BCUT2D eigenvalue weighted by atomic mass is 16.1. The second-order valence-corrected chi connectivity index (χ2v) is 3.17. The van der Waals surface area contributed by atoms with Crippen LogP contribution in [0.2, 0.25) is 0 Å². The summed E-state index contributed by atoms with van der Waals surface area (Å²) in [6.45, 7) is 0. The van der Waals surface area contributed by atoms with Gasteiger partial charge in [-0.05, 0) is 11.5 Å². The molecule has 3 heteroatoms. The Labute approximate surface area is 79.0 Å². The largest absolute Gasteiger partial charge is 0.330 e. The van der Waals surface area contributed by atoms with Crippen molar-refractivity contribution in [1.82, 2.24) is 9.97 Å². The smallest absolute Gasteiger partial charge is 0.151 e. The molecule has 0 unspecified atom stereocenters. The van der Waals surface area contributed by atoms with E-state index in [2.05, 4.69) is 9.97 Å². The van der Waals surface area contributed by atoms with Gasteiger partial charge in [0.2, 0.25) is 0 Å². The first-order chi connectivity index (χ1) is 6.90. The van der Waals surface area contributed by atoms with Gasteiger partial charge in [0, 0.05) is 17.0 Å². The van der Waals surface area contributed by atoms with Crippen LogP contribution in [-0.4, -0.2) is 15.9 Å².